The van der Waals surface area contributed by atoms with Crippen LogP contribution < -0.4 is 0 Å². The summed E-state index contributed by atoms with van der Waals surface area (Å²) >= 11 is 0. The number of aliphatic carboxylic acids is 1. The van der Waals surface area contributed by atoms with Crippen LogP contribution in [0.25, 0.3) is 0 Å². The Balaban J connectivity index is 1.63. The van der Waals surface area contributed by atoms with Gasteiger partial charge in [-0.25, -0.2) is 0 Å². The lowest BCUT2D eigenvalue weighted by molar-refractivity contribution is -0.160. The highest BCUT2D eigenvalue weighted by molar-refractivity contribution is 5.86. The van der Waals surface area contributed by atoms with E-state index in [2.05, 4.69) is 13.8 Å². The van der Waals surface area contributed by atoms with E-state index in [0.29, 0.717) is 24.2 Å². The molecule has 4 rings (SSSR count). The Kier molecular flexibility index (Phi) is 4.06. The van der Waals surface area contributed by atoms with Crippen molar-refractivity contribution in [2.75, 3.05) is 0 Å². The molecule has 0 spiro atoms. The quantitative estimate of drug-likeness (QED) is 0.798. The van der Waals surface area contributed by atoms with E-state index in [1.165, 1.54) is 0 Å². The van der Waals surface area contributed by atoms with Gasteiger partial charge < -0.3 is 10.2 Å². The second-order valence-electron chi connectivity index (χ2n) is 9.87. The van der Waals surface area contributed by atoms with E-state index < -0.39 is 5.97 Å². The minimum absolute atomic E-state index is 0.0103. The van der Waals surface area contributed by atoms with Crippen molar-refractivity contribution in [3.8, 4) is 0 Å². The summed E-state index contributed by atoms with van der Waals surface area (Å²) in [7, 11) is 0. The van der Waals surface area contributed by atoms with Crippen LogP contribution in [0.5, 0.6) is 0 Å². The third-order valence-electron chi connectivity index (χ3n) is 9.10. The molecule has 0 bridgehead atoms. The van der Waals surface area contributed by atoms with Crippen LogP contribution in [0.4, 0.5) is 0 Å². The van der Waals surface area contributed by atoms with E-state index in [9.17, 15) is 19.8 Å². The highest BCUT2D eigenvalue weighted by Crippen LogP contribution is 2.66. The SMILES string of the molecule is C[C@]12CCC(=O)C(CC(=O)O)[C@@H]1CC[C@@H]1[C@@H]2CC[C@]2(C)[C@@H](O)CC[C@@H]12. The molecule has 4 fully saturated rings. The van der Waals surface area contributed by atoms with Crippen molar-refractivity contribution in [2.24, 2.45) is 40.4 Å². The van der Waals surface area contributed by atoms with Crippen LogP contribution in [0, 0.1) is 40.4 Å². The Morgan fingerprint density at radius 3 is 2.40 bits per heavy atom. The molecule has 0 saturated heterocycles. The number of carboxylic acid groups (broad SMARTS) is 1. The summed E-state index contributed by atoms with van der Waals surface area (Å²) in [5, 5.41) is 19.8. The van der Waals surface area contributed by atoms with E-state index in [1.54, 1.807) is 0 Å². The lowest BCUT2D eigenvalue weighted by Crippen LogP contribution is -2.56. The standard InChI is InChI=1S/C21H32O4/c1-20-10-8-17(22)13(11-19(24)25)15(20)4-3-12-14-5-6-18(23)21(14,2)9-7-16(12)20/h12-16,18,23H,3-11H2,1-2H3,(H,24,25)/t12-,13?,14-,15-,16-,18-,20-,21-/m0/s1. The molecule has 0 aromatic rings. The van der Waals surface area contributed by atoms with Gasteiger partial charge in [0.2, 0.25) is 0 Å². The summed E-state index contributed by atoms with van der Waals surface area (Å²) in [5.74, 6) is 1.16. The molecule has 8 atom stereocenters. The molecule has 1 unspecified atom stereocenters. The first-order valence-electron chi connectivity index (χ1n) is 10.2. The number of carboxylic acids is 1. The molecule has 4 aliphatic rings. The molecule has 0 radical (unpaired) electrons. The third-order valence-corrected chi connectivity index (χ3v) is 9.10. The zero-order chi connectivity index (χ0) is 18.0. The minimum Gasteiger partial charge on any atom is -0.481 e. The number of fused-ring (bicyclic) bond motifs is 5. The number of Topliss-reactive ketones (excluding diaryl/α,β-unsaturated/α-hetero) is 1. The highest BCUT2D eigenvalue weighted by Gasteiger charge is 2.61. The summed E-state index contributed by atoms with van der Waals surface area (Å²) in [5.41, 5.74) is 0.182. The minimum atomic E-state index is -0.833. The Morgan fingerprint density at radius 2 is 1.68 bits per heavy atom. The summed E-state index contributed by atoms with van der Waals surface area (Å²) < 4.78 is 0. The average Bonchev–Trinajstić information content (AvgIpc) is 2.86. The van der Waals surface area contributed by atoms with Gasteiger partial charge in [-0.05, 0) is 79.4 Å². The number of ketones is 1. The lowest BCUT2D eigenvalue weighted by Gasteiger charge is -2.61. The van der Waals surface area contributed by atoms with Crippen LogP contribution in [0.2, 0.25) is 0 Å². The van der Waals surface area contributed by atoms with Gasteiger partial charge in [-0.3, -0.25) is 9.59 Å². The number of aliphatic hydroxyl groups is 1. The van der Waals surface area contributed by atoms with Gasteiger partial charge in [0.05, 0.1) is 12.5 Å². The fourth-order valence-electron chi connectivity index (χ4n) is 7.74. The van der Waals surface area contributed by atoms with Gasteiger partial charge in [0.1, 0.15) is 5.78 Å². The van der Waals surface area contributed by atoms with Crippen molar-refractivity contribution < 1.29 is 19.8 Å². The van der Waals surface area contributed by atoms with Gasteiger partial charge >= 0.3 is 5.97 Å². The topological polar surface area (TPSA) is 74.6 Å². The van der Waals surface area contributed by atoms with Crippen molar-refractivity contribution in [3.05, 3.63) is 0 Å². The zero-order valence-electron chi connectivity index (χ0n) is 15.5. The van der Waals surface area contributed by atoms with Crippen molar-refractivity contribution in [3.63, 3.8) is 0 Å². The predicted octanol–water partition coefficient (Wildman–Crippen LogP) is 3.66. The average molecular weight is 348 g/mol. The second kappa shape index (κ2) is 5.80. The molecule has 0 heterocycles. The van der Waals surface area contributed by atoms with Crippen LogP contribution in [0.15, 0.2) is 0 Å². The molecule has 140 valence electrons. The van der Waals surface area contributed by atoms with Gasteiger partial charge in [0, 0.05) is 12.3 Å². The van der Waals surface area contributed by atoms with E-state index in [-0.39, 0.29) is 41.0 Å². The Hall–Kier alpha value is -0.900. The maximum atomic E-state index is 12.5. The molecule has 0 aliphatic heterocycles. The highest BCUT2D eigenvalue weighted by atomic mass is 16.4. The van der Waals surface area contributed by atoms with Gasteiger partial charge in [-0.2, -0.15) is 0 Å². The zero-order valence-corrected chi connectivity index (χ0v) is 15.5. The number of hydrogen-bond acceptors (Lipinski definition) is 3. The van der Waals surface area contributed by atoms with Crippen LogP contribution in [0.1, 0.15) is 71.6 Å². The van der Waals surface area contributed by atoms with E-state index >= 15 is 0 Å². The van der Waals surface area contributed by atoms with E-state index in [1.807, 2.05) is 0 Å². The molecule has 2 N–H and O–H groups in total. The number of hydrogen-bond donors (Lipinski definition) is 2. The Morgan fingerprint density at radius 1 is 1.00 bits per heavy atom. The molecule has 4 saturated carbocycles. The fourth-order valence-corrected chi connectivity index (χ4v) is 7.74. The number of carbonyl (C=O) groups is 2. The first-order valence-corrected chi connectivity index (χ1v) is 10.2. The van der Waals surface area contributed by atoms with Crippen molar-refractivity contribution in [1.29, 1.82) is 0 Å². The molecule has 0 aromatic carbocycles. The molecular weight excluding hydrogens is 316 g/mol. The summed E-state index contributed by atoms with van der Waals surface area (Å²) in [6, 6.07) is 0. The summed E-state index contributed by atoms with van der Waals surface area (Å²) in [4.78, 5) is 23.8. The summed E-state index contributed by atoms with van der Waals surface area (Å²) in [6.45, 7) is 4.64. The van der Waals surface area contributed by atoms with Crippen LogP contribution in [0.3, 0.4) is 0 Å². The monoisotopic (exact) mass is 348 g/mol. The van der Waals surface area contributed by atoms with Crippen molar-refractivity contribution >= 4 is 11.8 Å². The molecular formula is C21H32O4. The smallest absolute Gasteiger partial charge is 0.304 e. The van der Waals surface area contributed by atoms with E-state index in [0.717, 1.165) is 44.9 Å². The van der Waals surface area contributed by atoms with Crippen molar-refractivity contribution in [1.82, 2.24) is 0 Å². The normalized spacial score (nSPS) is 52.2. The third kappa shape index (κ3) is 2.43. The number of rotatable bonds is 2. The molecule has 0 aromatic heterocycles. The van der Waals surface area contributed by atoms with Crippen LogP contribution in [-0.2, 0) is 9.59 Å². The molecule has 0 amide bonds. The maximum Gasteiger partial charge on any atom is 0.304 e. The second-order valence-corrected chi connectivity index (χ2v) is 9.87. The van der Waals surface area contributed by atoms with Crippen molar-refractivity contribution in [2.45, 2.75) is 77.7 Å². The van der Waals surface area contributed by atoms with Crippen LogP contribution >= 0.6 is 0 Å². The van der Waals surface area contributed by atoms with Gasteiger partial charge in [-0.15, -0.1) is 0 Å². The first-order chi connectivity index (χ1) is 11.8. The first kappa shape index (κ1) is 17.5. The molecule has 25 heavy (non-hydrogen) atoms. The largest absolute Gasteiger partial charge is 0.481 e. The maximum absolute atomic E-state index is 12.5. The van der Waals surface area contributed by atoms with Crippen LogP contribution in [-0.4, -0.2) is 28.1 Å². The van der Waals surface area contributed by atoms with E-state index in [4.69, 9.17) is 0 Å². The lowest BCUT2D eigenvalue weighted by atomic mass is 9.43. The Labute approximate surface area is 150 Å². The number of aliphatic hydroxyl groups excluding tert-OH is 1. The van der Waals surface area contributed by atoms with Gasteiger partial charge in [0.15, 0.2) is 0 Å². The molecule has 4 heteroatoms. The molecule has 4 nitrogen and oxygen atoms in total. The molecule has 4 aliphatic carbocycles. The van der Waals surface area contributed by atoms with Gasteiger partial charge in [-0.1, -0.05) is 13.8 Å². The Bertz CT molecular complexity index is 586. The number of carbonyl (C=O) groups excluding carboxylic acids is 1. The fraction of sp³-hybridized carbons (Fsp3) is 0.905. The predicted molar refractivity (Wildman–Crippen MR) is 93.9 cm³/mol. The van der Waals surface area contributed by atoms with Gasteiger partial charge in [0.25, 0.3) is 0 Å². The summed E-state index contributed by atoms with van der Waals surface area (Å²) in [6.07, 6.45) is 7.73.